The van der Waals surface area contributed by atoms with Crippen molar-refractivity contribution in [2.24, 2.45) is 5.92 Å². The van der Waals surface area contributed by atoms with Gasteiger partial charge in [-0.15, -0.1) is 5.10 Å². The van der Waals surface area contributed by atoms with Gasteiger partial charge in [-0.2, -0.15) is 20.0 Å². The standard InChI is InChI=1S/C21H21ClN10O2/c1-3-25-18-19-26-8-13(7-24)32(19)30-20(29-18)27-14-4-12(6-23)5-16(17(14)22)31-9-11(2)15(10-31)28-21(33)34/h4-5,8,11,15,28H,3,9-10H2,1-2H3,(H,33,34)(H2,25,27,29,30)/t11-,15+/m0/s1. The average molecular weight is 481 g/mol. The Balaban J connectivity index is 1.72. The van der Waals surface area contributed by atoms with Gasteiger partial charge in [-0.05, 0) is 25.0 Å². The largest absolute Gasteiger partial charge is 0.465 e. The second-order valence-electron chi connectivity index (χ2n) is 7.84. The summed E-state index contributed by atoms with van der Waals surface area (Å²) in [5.74, 6) is 0.639. The van der Waals surface area contributed by atoms with E-state index in [1.807, 2.05) is 24.8 Å². The Morgan fingerprint density at radius 1 is 1.32 bits per heavy atom. The van der Waals surface area contributed by atoms with Gasteiger partial charge in [0.2, 0.25) is 5.95 Å². The zero-order valence-corrected chi connectivity index (χ0v) is 19.1. The number of nitriles is 2. The van der Waals surface area contributed by atoms with E-state index in [0.29, 0.717) is 53.1 Å². The molecule has 34 heavy (non-hydrogen) atoms. The van der Waals surface area contributed by atoms with E-state index in [1.165, 1.54) is 10.7 Å². The van der Waals surface area contributed by atoms with Crippen molar-refractivity contribution in [3.63, 3.8) is 0 Å². The van der Waals surface area contributed by atoms with Crippen LogP contribution in [-0.4, -0.2) is 56.5 Å². The summed E-state index contributed by atoms with van der Waals surface area (Å²) in [6.45, 7) is 5.41. The van der Waals surface area contributed by atoms with Crippen LogP contribution in [-0.2, 0) is 0 Å². The molecule has 1 saturated heterocycles. The first-order valence-corrected chi connectivity index (χ1v) is 10.9. The highest BCUT2D eigenvalue weighted by Gasteiger charge is 2.32. The van der Waals surface area contributed by atoms with Crippen LogP contribution in [0.2, 0.25) is 5.02 Å². The predicted molar refractivity (Wildman–Crippen MR) is 125 cm³/mol. The summed E-state index contributed by atoms with van der Waals surface area (Å²) >= 11 is 6.73. The number of imidazole rings is 1. The number of hydrogen-bond acceptors (Lipinski definition) is 9. The lowest BCUT2D eigenvalue weighted by atomic mass is 10.1. The van der Waals surface area contributed by atoms with Gasteiger partial charge in [-0.25, -0.2) is 9.78 Å². The number of fused-ring (bicyclic) bond motifs is 1. The van der Waals surface area contributed by atoms with E-state index in [0.717, 1.165) is 0 Å². The number of benzene rings is 1. The molecule has 174 valence electrons. The van der Waals surface area contributed by atoms with Crippen molar-refractivity contribution in [3.8, 4) is 12.1 Å². The van der Waals surface area contributed by atoms with Crippen molar-refractivity contribution in [2.45, 2.75) is 19.9 Å². The van der Waals surface area contributed by atoms with Crippen LogP contribution in [0.3, 0.4) is 0 Å². The fourth-order valence-corrected chi connectivity index (χ4v) is 4.20. The van der Waals surface area contributed by atoms with E-state index < -0.39 is 6.09 Å². The summed E-state index contributed by atoms with van der Waals surface area (Å²) in [5, 5.41) is 41.4. The zero-order valence-electron chi connectivity index (χ0n) is 18.4. The van der Waals surface area contributed by atoms with Crippen LogP contribution in [0.15, 0.2) is 18.3 Å². The number of nitrogens with zero attached hydrogens (tertiary/aromatic N) is 7. The molecule has 2 atom stereocenters. The number of carboxylic acid groups (broad SMARTS) is 1. The maximum absolute atomic E-state index is 11.1. The minimum Gasteiger partial charge on any atom is -0.465 e. The first-order chi connectivity index (χ1) is 16.3. The highest BCUT2D eigenvalue weighted by Crippen LogP contribution is 2.38. The van der Waals surface area contributed by atoms with Crippen molar-refractivity contribution in [1.29, 1.82) is 10.5 Å². The van der Waals surface area contributed by atoms with Crippen LogP contribution in [0.25, 0.3) is 5.65 Å². The fraction of sp³-hybridized carbons (Fsp3) is 0.333. The van der Waals surface area contributed by atoms with Crippen molar-refractivity contribution in [1.82, 2.24) is 24.9 Å². The van der Waals surface area contributed by atoms with Gasteiger partial charge in [0.25, 0.3) is 0 Å². The van der Waals surface area contributed by atoms with Gasteiger partial charge < -0.3 is 26.0 Å². The summed E-state index contributed by atoms with van der Waals surface area (Å²) in [7, 11) is 0. The number of hydrogen-bond donors (Lipinski definition) is 4. The van der Waals surface area contributed by atoms with E-state index >= 15 is 0 Å². The number of aromatic nitrogens is 4. The Hall–Kier alpha value is -4.29. The molecule has 0 radical (unpaired) electrons. The molecule has 1 aliphatic rings. The third kappa shape index (κ3) is 4.31. The molecule has 2 aromatic heterocycles. The Morgan fingerprint density at radius 2 is 2.12 bits per heavy atom. The van der Waals surface area contributed by atoms with Crippen LogP contribution in [0.1, 0.15) is 25.1 Å². The summed E-state index contributed by atoms with van der Waals surface area (Å²) in [6, 6.07) is 7.15. The summed E-state index contributed by atoms with van der Waals surface area (Å²) in [5.41, 5.74) is 2.00. The smallest absolute Gasteiger partial charge is 0.404 e. The fourth-order valence-electron chi connectivity index (χ4n) is 3.92. The highest BCUT2D eigenvalue weighted by atomic mass is 35.5. The first-order valence-electron chi connectivity index (χ1n) is 10.5. The normalized spacial score (nSPS) is 17.3. The average Bonchev–Trinajstić information content (AvgIpc) is 3.38. The lowest BCUT2D eigenvalue weighted by Gasteiger charge is -2.22. The van der Waals surface area contributed by atoms with E-state index in [2.05, 4.69) is 37.1 Å². The molecule has 0 aliphatic carbocycles. The molecule has 0 bridgehead atoms. The molecule has 1 fully saturated rings. The summed E-state index contributed by atoms with van der Waals surface area (Å²) < 4.78 is 1.38. The van der Waals surface area contributed by atoms with Crippen LogP contribution >= 0.6 is 11.6 Å². The van der Waals surface area contributed by atoms with Gasteiger partial charge in [0.15, 0.2) is 17.2 Å². The second kappa shape index (κ2) is 9.29. The number of rotatable bonds is 6. The molecule has 12 nitrogen and oxygen atoms in total. The zero-order chi connectivity index (χ0) is 24.4. The number of anilines is 4. The van der Waals surface area contributed by atoms with Crippen molar-refractivity contribution in [3.05, 3.63) is 34.6 Å². The van der Waals surface area contributed by atoms with E-state index in [-0.39, 0.29) is 23.6 Å². The van der Waals surface area contributed by atoms with E-state index in [4.69, 9.17) is 16.7 Å². The van der Waals surface area contributed by atoms with Crippen LogP contribution in [0.4, 0.5) is 27.9 Å². The second-order valence-corrected chi connectivity index (χ2v) is 8.21. The maximum atomic E-state index is 11.1. The summed E-state index contributed by atoms with van der Waals surface area (Å²) in [4.78, 5) is 21.7. The molecule has 4 rings (SSSR count). The monoisotopic (exact) mass is 480 g/mol. The van der Waals surface area contributed by atoms with Gasteiger partial charge in [-0.1, -0.05) is 18.5 Å². The van der Waals surface area contributed by atoms with Gasteiger partial charge in [-0.3, -0.25) is 0 Å². The Labute approximate surface area is 199 Å². The molecule has 0 spiro atoms. The quantitative estimate of drug-likeness (QED) is 0.411. The van der Waals surface area contributed by atoms with Gasteiger partial charge in [0.1, 0.15) is 6.07 Å². The number of amides is 1. The molecular weight excluding hydrogens is 460 g/mol. The van der Waals surface area contributed by atoms with Crippen molar-refractivity contribution < 1.29 is 9.90 Å². The molecule has 13 heteroatoms. The van der Waals surface area contributed by atoms with Crippen molar-refractivity contribution >= 4 is 46.5 Å². The molecule has 1 amide bonds. The SMILES string of the molecule is CCNc1nc(Nc2cc(C#N)cc(N3C[C@H](C)[C@H](NC(=O)O)C3)c2Cl)nn2c(C#N)cnc12. The molecule has 3 heterocycles. The van der Waals surface area contributed by atoms with Crippen LogP contribution in [0, 0.1) is 28.6 Å². The number of nitrogens with one attached hydrogen (secondary N) is 3. The molecule has 3 aromatic rings. The molecule has 0 saturated carbocycles. The number of carbonyl (C=O) groups is 1. The Bertz CT molecular complexity index is 1340. The van der Waals surface area contributed by atoms with Crippen LogP contribution in [0.5, 0.6) is 0 Å². The topological polar surface area (TPSA) is 167 Å². The molecule has 0 unspecified atom stereocenters. The molecular formula is C21H21ClN10O2. The third-order valence-corrected chi connectivity index (χ3v) is 5.91. The lowest BCUT2D eigenvalue weighted by molar-refractivity contribution is 0.188. The minimum atomic E-state index is -1.08. The molecule has 1 aliphatic heterocycles. The maximum Gasteiger partial charge on any atom is 0.404 e. The summed E-state index contributed by atoms with van der Waals surface area (Å²) in [6.07, 6.45) is 0.324. The molecule has 1 aromatic carbocycles. The minimum absolute atomic E-state index is 0.0494. The Morgan fingerprint density at radius 3 is 2.79 bits per heavy atom. The van der Waals surface area contributed by atoms with Crippen molar-refractivity contribution in [2.75, 3.05) is 35.2 Å². The predicted octanol–water partition coefficient (Wildman–Crippen LogP) is 2.79. The van der Waals surface area contributed by atoms with E-state index in [9.17, 15) is 15.3 Å². The van der Waals surface area contributed by atoms with Gasteiger partial charge in [0.05, 0.1) is 40.3 Å². The van der Waals surface area contributed by atoms with Gasteiger partial charge in [0, 0.05) is 19.6 Å². The van der Waals surface area contributed by atoms with Gasteiger partial charge >= 0.3 is 6.09 Å². The Kier molecular flexibility index (Phi) is 6.25. The highest BCUT2D eigenvalue weighted by molar-refractivity contribution is 6.36. The number of halogens is 1. The van der Waals surface area contributed by atoms with Crippen LogP contribution < -0.4 is 20.9 Å². The third-order valence-electron chi connectivity index (χ3n) is 5.51. The lowest BCUT2D eigenvalue weighted by Crippen LogP contribution is -2.38. The first kappa shape index (κ1) is 22.9. The van der Waals surface area contributed by atoms with E-state index in [1.54, 1.807) is 12.1 Å². The molecule has 4 N–H and O–H groups in total.